The number of ether oxygens (including phenoxy) is 2. The molecule has 1 amide bonds. The van der Waals surface area contributed by atoms with Crippen molar-refractivity contribution in [1.82, 2.24) is 4.42 Å². The molecule has 0 aliphatic heterocycles. The van der Waals surface area contributed by atoms with E-state index in [-0.39, 0.29) is 0 Å². The van der Waals surface area contributed by atoms with Gasteiger partial charge in [0, 0.05) is 25.9 Å². The van der Waals surface area contributed by atoms with E-state index in [1.165, 1.54) is 7.05 Å². The monoisotopic (exact) mass is 261 g/mol. The van der Waals surface area contributed by atoms with Gasteiger partial charge in [-0.3, -0.25) is 0 Å². The molecule has 6 heteroatoms. The third kappa shape index (κ3) is 5.42. The molecule has 0 aliphatic carbocycles. The van der Waals surface area contributed by atoms with E-state index >= 15 is 0 Å². The maximum atomic E-state index is 11.2. The van der Waals surface area contributed by atoms with Gasteiger partial charge in [-0.25, -0.2) is 9.21 Å². The molecule has 0 fully saturated rings. The van der Waals surface area contributed by atoms with Crippen LogP contribution < -0.4 is 9.47 Å². The largest absolute Gasteiger partial charge is 0.490 e. The van der Waals surface area contributed by atoms with Gasteiger partial charge in [0.25, 0.3) is 0 Å². The zero-order valence-electron chi connectivity index (χ0n) is 10.0. The predicted molar refractivity (Wildman–Crippen MR) is 65.4 cm³/mol. The maximum absolute atomic E-state index is 11.2. The van der Waals surface area contributed by atoms with Gasteiger partial charge in [-0.1, -0.05) is 12.1 Å². The molecular weight excluding hydrogens is 246 g/mol. The van der Waals surface area contributed by atoms with E-state index < -0.39 is 6.09 Å². The third-order valence-electron chi connectivity index (χ3n) is 1.60. The lowest BCUT2D eigenvalue weighted by Gasteiger charge is -2.11. The predicted octanol–water partition coefficient (Wildman–Crippen LogP) is 2.28. The summed E-state index contributed by atoms with van der Waals surface area (Å²) in [4.78, 5) is 11.2. The Kier molecular flexibility index (Phi) is 7.92. The first-order valence-electron chi connectivity index (χ1n) is 4.93. The van der Waals surface area contributed by atoms with Crippen molar-refractivity contribution in [3.05, 3.63) is 24.3 Å². The number of rotatable bonds is 3. The first-order chi connectivity index (χ1) is 8.15. The van der Waals surface area contributed by atoms with Crippen molar-refractivity contribution in [1.29, 1.82) is 0 Å². The number of halogens is 1. The highest BCUT2D eigenvalue weighted by molar-refractivity contribution is 6.20. The molecule has 0 atom stereocenters. The summed E-state index contributed by atoms with van der Waals surface area (Å²) in [5.41, 5.74) is 0. The van der Waals surface area contributed by atoms with Crippen LogP contribution in [0.5, 0.6) is 11.5 Å². The Bertz CT molecular complexity index is 344. The van der Waals surface area contributed by atoms with Gasteiger partial charge in [-0.15, -0.1) is 0 Å². The minimum atomic E-state index is -0.649. The number of hydrogen-bond acceptors (Lipinski definition) is 4. The van der Waals surface area contributed by atoms with Crippen LogP contribution >= 0.6 is 11.8 Å². The lowest BCUT2D eigenvalue weighted by Crippen LogP contribution is -2.20. The molecule has 0 heterocycles. The Hall–Kier alpha value is -1.46. The minimum Gasteiger partial charge on any atom is -0.490 e. The SMILES string of the molecule is CCOc1ccccc1OC(=O)N(C)Cl.CO. The van der Waals surface area contributed by atoms with Crippen LogP contribution in [0, 0.1) is 0 Å². The molecule has 5 nitrogen and oxygen atoms in total. The topological polar surface area (TPSA) is 59.0 Å². The van der Waals surface area contributed by atoms with Crippen LogP contribution in [0.1, 0.15) is 6.92 Å². The summed E-state index contributed by atoms with van der Waals surface area (Å²) >= 11 is 5.43. The Balaban J connectivity index is 0.00000121. The van der Waals surface area contributed by atoms with E-state index in [2.05, 4.69) is 0 Å². The molecule has 0 aromatic heterocycles. The first-order valence-corrected chi connectivity index (χ1v) is 5.26. The van der Waals surface area contributed by atoms with Crippen LogP contribution in [-0.4, -0.2) is 36.4 Å². The number of aliphatic hydroxyl groups is 1. The number of hydrogen-bond donors (Lipinski definition) is 1. The van der Waals surface area contributed by atoms with Crippen molar-refractivity contribution >= 4 is 17.9 Å². The van der Waals surface area contributed by atoms with Crippen molar-refractivity contribution < 1.29 is 19.4 Å². The smallest absolute Gasteiger partial charge is 0.429 e. The zero-order chi connectivity index (χ0) is 13.3. The molecule has 1 aromatic carbocycles. The van der Waals surface area contributed by atoms with E-state index in [0.717, 1.165) is 11.5 Å². The normalized spacial score (nSPS) is 8.76. The standard InChI is InChI=1S/C10H12ClNO3.CH4O/c1-3-14-8-6-4-5-7-9(8)15-10(13)12(2)11;1-2/h4-7H,3H2,1-2H3;2H,1H3. The second kappa shape index (κ2) is 8.66. The fourth-order valence-corrected chi connectivity index (χ4v) is 1.00. The van der Waals surface area contributed by atoms with E-state index in [9.17, 15) is 4.79 Å². The summed E-state index contributed by atoms with van der Waals surface area (Å²) < 4.78 is 11.1. The molecular formula is C11H16ClNO4. The highest BCUT2D eigenvalue weighted by atomic mass is 35.5. The van der Waals surface area contributed by atoms with Crippen molar-refractivity contribution in [2.45, 2.75) is 6.92 Å². The summed E-state index contributed by atoms with van der Waals surface area (Å²) in [6, 6.07) is 6.91. The molecule has 0 saturated heterocycles. The average molecular weight is 262 g/mol. The van der Waals surface area contributed by atoms with E-state index in [1.807, 2.05) is 6.92 Å². The van der Waals surface area contributed by atoms with Gasteiger partial charge in [-0.2, -0.15) is 0 Å². The fraction of sp³-hybridized carbons (Fsp3) is 0.364. The third-order valence-corrected chi connectivity index (χ3v) is 1.74. The molecule has 0 spiro atoms. The van der Waals surface area contributed by atoms with Crippen molar-refractivity contribution in [2.75, 3.05) is 20.8 Å². The molecule has 0 bridgehead atoms. The molecule has 17 heavy (non-hydrogen) atoms. The van der Waals surface area contributed by atoms with E-state index in [4.69, 9.17) is 26.4 Å². The summed E-state index contributed by atoms with van der Waals surface area (Å²) in [5, 5.41) is 7.00. The van der Waals surface area contributed by atoms with Crippen LogP contribution in [0.15, 0.2) is 24.3 Å². The van der Waals surface area contributed by atoms with Crippen LogP contribution in [0.2, 0.25) is 0 Å². The Morgan fingerprint density at radius 1 is 1.35 bits per heavy atom. The van der Waals surface area contributed by atoms with Crippen LogP contribution in [0.25, 0.3) is 0 Å². The number of nitrogens with zero attached hydrogens (tertiary/aromatic N) is 1. The molecule has 0 saturated carbocycles. The summed E-state index contributed by atoms with van der Waals surface area (Å²) in [6.45, 7) is 2.36. The Morgan fingerprint density at radius 2 is 1.88 bits per heavy atom. The molecule has 0 radical (unpaired) electrons. The van der Waals surface area contributed by atoms with Gasteiger partial charge in [0.1, 0.15) is 0 Å². The average Bonchev–Trinajstić information content (AvgIpc) is 2.34. The number of para-hydroxylation sites is 2. The highest BCUT2D eigenvalue weighted by Crippen LogP contribution is 2.26. The lowest BCUT2D eigenvalue weighted by atomic mass is 10.3. The highest BCUT2D eigenvalue weighted by Gasteiger charge is 2.11. The minimum absolute atomic E-state index is 0.358. The van der Waals surface area contributed by atoms with Crippen molar-refractivity contribution in [3.8, 4) is 11.5 Å². The number of carbonyl (C=O) groups is 1. The molecule has 0 aliphatic rings. The van der Waals surface area contributed by atoms with Crippen molar-refractivity contribution in [3.63, 3.8) is 0 Å². The number of benzene rings is 1. The van der Waals surface area contributed by atoms with Crippen LogP contribution in [0.3, 0.4) is 0 Å². The van der Waals surface area contributed by atoms with E-state index in [1.54, 1.807) is 24.3 Å². The molecule has 0 unspecified atom stereocenters. The molecule has 1 N–H and O–H groups in total. The Labute approximate surface area is 106 Å². The van der Waals surface area contributed by atoms with Gasteiger partial charge >= 0.3 is 6.09 Å². The van der Waals surface area contributed by atoms with Crippen molar-refractivity contribution in [2.24, 2.45) is 0 Å². The Morgan fingerprint density at radius 3 is 2.35 bits per heavy atom. The number of aliphatic hydroxyl groups excluding tert-OH is 1. The number of amides is 1. The lowest BCUT2D eigenvalue weighted by molar-refractivity contribution is 0.183. The quantitative estimate of drug-likeness (QED) is 0.848. The van der Waals surface area contributed by atoms with Gasteiger partial charge in [0.2, 0.25) is 0 Å². The summed E-state index contributed by atoms with van der Waals surface area (Å²) in [6.07, 6.45) is -0.649. The fourth-order valence-electron chi connectivity index (χ4n) is 0.966. The van der Waals surface area contributed by atoms with E-state index in [0.29, 0.717) is 18.1 Å². The second-order valence-electron chi connectivity index (χ2n) is 2.72. The van der Waals surface area contributed by atoms with Gasteiger partial charge in [0.15, 0.2) is 11.5 Å². The molecule has 1 rings (SSSR count). The second-order valence-corrected chi connectivity index (χ2v) is 3.23. The van der Waals surface area contributed by atoms with Gasteiger partial charge in [0.05, 0.1) is 6.61 Å². The summed E-state index contributed by atoms with van der Waals surface area (Å²) in [5.74, 6) is 0.878. The molecule has 96 valence electrons. The van der Waals surface area contributed by atoms with Gasteiger partial charge in [-0.05, 0) is 19.1 Å². The number of carbonyl (C=O) groups excluding carboxylic acids is 1. The maximum Gasteiger partial charge on any atom is 0.429 e. The van der Waals surface area contributed by atoms with Gasteiger partial charge < -0.3 is 14.6 Å². The first kappa shape index (κ1) is 15.5. The zero-order valence-corrected chi connectivity index (χ0v) is 10.8. The van der Waals surface area contributed by atoms with Crippen LogP contribution in [0.4, 0.5) is 4.79 Å². The molecule has 1 aromatic rings. The van der Waals surface area contributed by atoms with Crippen LogP contribution in [-0.2, 0) is 0 Å². The summed E-state index contributed by atoms with van der Waals surface area (Å²) in [7, 11) is 2.40.